The van der Waals surface area contributed by atoms with Gasteiger partial charge in [-0.25, -0.2) is 22.3 Å². The van der Waals surface area contributed by atoms with Crippen molar-refractivity contribution in [3.05, 3.63) is 46.7 Å². The third-order valence-corrected chi connectivity index (χ3v) is 4.05. The molecule has 0 radical (unpaired) electrons. The van der Waals surface area contributed by atoms with E-state index in [1.54, 1.807) is 0 Å². The summed E-state index contributed by atoms with van der Waals surface area (Å²) in [6, 6.07) is 2.92. The van der Waals surface area contributed by atoms with Crippen LogP contribution < -0.4 is 10.5 Å². The number of nitrogens with one attached hydrogen (secondary N) is 1. The van der Waals surface area contributed by atoms with Crippen LogP contribution in [0.1, 0.15) is 10.5 Å². The molecular formula is C12H10ClF2N3O3S. The number of rotatable bonds is 3. The topological polar surface area (TPSA) is 94.2 Å². The Kier molecular flexibility index (Phi) is 4.23. The van der Waals surface area contributed by atoms with Gasteiger partial charge in [0.05, 0.1) is 5.69 Å². The first-order valence-electron chi connectivity index (χ1n) is 5.75. The minimum Gasteiger partial charge on any atom is -0.345 e. The lowest BCUT2D eigenvalue weighted by molar-refractivity contribution is 0.101. The molecule has 1 heterocycles. The summed E-state index contributed by atoms with van der Waals surface area (Å²) in [6.45, 7) is 0. The fraction of sp³-hybridized carbons (Fsp3) is 0.0833. The number of amides is 1. The van der Waals surface area contributed by atoms with Crippen LogP contribution in [0.5, 0.6) is 0 Å². The monoisotopic (exact) mass is 349 g/mol. The number of primary sulfonamides is 1. The molecule has 0 aliphatic heterocycles. The normalized spacial score (nSPS) is 11.5. The second-order valence-corrected chi connectivity index (χ2v) is 6.33. The van der Waals surface area contributed by atoms with E-state index in [9.17, 15) is 22.0 Å². The zero-order chi connectivity index (χ0) is 16.7. The van der Waals surface area contributed by atoms with Crippen LogP contribution in [0.4, 0.5) is 14.5 Å². The number of halogens is 3. The Morgan fingerprint density at radius 1 is 1.36 bits per heavy atom. The third kappa shape index (κ3) is 3.11. The Morgan fingerprint density at radius 3 is 2.55 bits per heavy atom. The highest BCUT2D eigenvalue weighted by atomic mass is 35.5. The van der Waals surface area contributed by atoms with Gasteiger partial charge in [-0.15, -0.1) is 0 Å². The molecule has 0 aliphatic rings. The van der Waals surface area contributed by atoms with Gasteiger partial charge in [0.2, 0.25) is 10.0 Å². The largest absolute Gasteiger partial charge is 0.345 e. The first-order valence-corrected chi connectivity index (χ1v) is 7.67. The highest BCUT2D eigenvalue weighted by molar-refractivity contribution is 7.89. The number of aryl methyl sites for hydroxylation is 1. The van der Waals surface area contributed by atoms with E-state index in [1.807, 2.05) is 0 Å². The summed E-state index contributed by atoms with van der Waals surface area (Å²) in [5.41, 5.74) is -0.418. The summed E-state index contributed by atoms with van der Waals surface area (Å²) in [5.74, 6) is -2.90. The highest BCUT2D eigenvalue weighted by Gasteiger charge is 2.19. The summed E-state index contributed by atoms with van der Waals surface area (Å²) >= 11 is 5.41. The molecule has 1 aromatic heterocycles. The number of anilines is 1. The van der Waals surface area contributed by atoms with Gasteiger partial charge in [-0.1, -0.05) is 11.6 Å². The fourth-order valence-electron chi connectivity index (χ4n) is 1.72. The van der Waals surface area contributed by atoms with Crippen molar-refractivity contribution in [2.45, 2.75) is 4.90 Å². The van der Waals surface area contributed by atoms with E-state index >= 15 is 0 Å². The van der Waals surface area contributed by atoms with Gasteiger partial charge in [0.1, 0.15) is 21.4 Å². The molecule has 0 bridgehead atoms. The summed E-state index contributed by atoms with van der Waals surface area (Å²) < 4.78 is 50.4. The molecule has 0 aliphatic carbocycles. The molecule has 2 rings (SSSR count). The Labute approximate surface area is 129 Å². The van der Waals surface area contributed by atoms with Gasteiger partial charge in [-0.05, 0) is 18.2 Å². The van der Waals surface area contributed by atoms with Crippen LogP contribution in [0.3, 0.4) is 0 Å². The van der Waals surface area contributed by atoms with Crippen molar-refractivity contribution in [1.82, 2.24) is 4.57 Å². The van der Waals surface area contributed by atoms with E-state index in [1.165, 1.54) is 11.6 Å². The number of aromatic nitrogens is 1. The van der Waals surface area contributed by atoms with Crippen molar-refractivity contribution >= 4 is 33.2 Å². The number of carbonyl (C=O) groups excluding carboxylic acids is 1. The first-order chi connectivity index (χ1) is 10.1. The standard InChI is InChI=1S/C12H10ClF2N3O3S/c1-18-5-6(22(16,20)21)4-9(18)12(19)17-8-3-2-7(14)10(13)11(8)15/h2-5H,1H3,(H,17,19)(H2,16,20,21). The Morgan fingerprint density at radius 2 is 2.00 bits per heavy atom. The smallest absolute Gasteiger partial charge is 0.272 e. The van der Waals surface area contributed by atoms with Crippen LogP contribution >= 0.6 is 11.6 Å². The van der Waals surface area contributed by atoms with Crippen molar-refractivity contribution in [3.63, 3.8) is 0 Å². The van der Waals surface area contributed by atoms with Crippen molar-refractivity contribution < 1.29 is 22.0 Å². The molecule has 0 spiro atoms. The zero-order valence-corrected chi connectivity index (χ0v) is 12.7. The molecule has 1 amide bonds. The molecule has 6 nitrogen and oxygen atoms in total. The molecule has 118 valence electrons. The van der Waals surface area contributed by atoms with Crippen LogP contribution in [-0.4, -0.2) is 18.9 Å². The third-order valence-electron chi connectivity index (χ3n) is 2.82. The average molecular weight is 350 g/mol. The van der Waals surface area contributed by atoms with E-state index in [0.717, 1.165) is 24.4 Å². The van der Waals surface area contributed by atoms with Crippen LogP contribution in [0.2, 0.25) is 5.02 Å². The van der Waals surface area contributed by atoms with E-state index in [2.05, 4.69) is 5.32 Å². The lowest BCUT2D eigenvalue weighted by atomic mass is 10.2. The highest BCUT2D eigenvalue weighted by Crippen LogP contribution is 2.26. The zero-order valence-electron chi connectivity index (χ0n) is 11.1. The van der Waals surface area contributed by atoms with Gasteiger partial charge < -0.3 is 9.88 Å². The van der Waals surface area contributed by atoms with Crippen LogP contribution in [0.15, 0.2) is 29.3 Å². The number of carbonyl (C=O) groups is 1. The van der Waals surface area contributed by atoms with Crippen LogP contribution in [-0.2, 0) is 17.1 Å². The summed E-state index contributed by atoms with van der Waals surface area (Å²) in [4.78, 5) is 11.8. The van der Waals surface area contributed by atoms with Gasteiger partial charge in [0.15, 0.2) is 5.82 Å². The number of nitrogens with two attached hydrogens (primary N) is 1. The summed E-state index contributed by atoms with van der Waals surface area (Å²) in [6.07, 6.45) is 1.14. The Balaban J connectivity index is 2.35. The maximum Gasteiger partial charge on any atom is 0.272 e. The van der Waals surface area contributed by atoms with E-state index in [0.29, 0.717) is 0 Å². The molecule has 22 heavy (non-hydrogen) atoms. The molecule has 0 unspecified atom stereocenters. The van der Waals surface area contributed by atoms with Crippen molar-refractivity contribution in [1.29, 1.82) is 0 Å². The van der Waals surface area contributed by atoms with Gasteiger partial charge in [-0.2, -0.15) is 0 Å². The van der Waals surface area contributed by atoms with Crippen molar-refractivity contribution in [2.24, 2.45) is 12.2 Å². The molecule has 0 fully saturated rings. The molecule has 0 saturated carbocycles. The average Bonchev–Trinajstić information content (AvgIpc) is 2.81. The van der Waals surface area contributed by atoms with Crippen molar-refractivity contribution in [2.75, 3.05) is 5.32 Å². The molecule has 1 aromatic carbocycles. The number of hydrogen-bond acceptors (Lipinski definition) is 3. The SMILES string of the molecule is Cn1cc(S(N)(=O)=O)cc1C(=O)Nc1ccc(F)c(Cl)c1F. The maximum absolute atomic E-state index is 13.7. The number of sulfonamides is 1. The molecule has 0 saturated heterocycles. The van der Waals surface area contributed by atoms with E-state index < -0.39 is 32.6 Å². The number of hydrogen-bond donors (Lipinski definition) is 2. The second kappa shape index (κ2) is 5.67. The van der Waals surface area contributed by atoms with E-state index in [4.69, 9.17) is 16.7 Å². The first kappa shape index (κ1) is 16.4. The molecule has 3 N–H and O–H groups in total. The quantitative estimate of drug-likeness (QED) is 0.828. The predicted octanol–water partition coefficient (Wildman–Crippen LogP) is 1.86. The Hall–Kier alpha value is -1.97. The number of benzene rings is 1. The Bertz CT molecular complexity index is 865. The van der Waals surface area contributed by atoms with Gasteiger partial charge in [0.25, 0.3) is 5.91 Å². The van der Waals surface area contributed by atoms with Gasteiger partial charge in [0, 0.05) is 13.2 Å². The number of nitrogens with zero attached hydrogens (tertiary/aromatic N) is 1. The van der Waals surface area contributed by atoms with Crippen LogP contribution in [0, 0.1) is 11.6 Å². The lowest BCUT2D eigenvalue weighted by Gasteiger charge is -2.08. The summed E-state index contributed by atoms with van der Waals surface area (Å²) in [5, 5.41) is 6.38. The van der Waals surface area contributed by atoms with Gasteiger partial charge in [-0.3, -0.25) is 4.79 Å². The van der Waals surface area contributed by atoms with Gasteiger partial charge >= 0.3 is 0 Å². The minimum absolute atomic E-state index is 0.0797. The summed E-state index contributed by atoms with van der Waals surface area (Å²) in [7, 11) is -2.56. The molecule has 10 heteroatoms. The molecule has 0 atom stereocenters. The maximum atomic E-state index is 13.7. The minimum atomic E-state index is -3.98. The van der Waals surface area contributed by atoms with Crippen molar-refractivity contribution in [3.8, 4) is 0 Å². The second-order valence-electron chi connectivity index (χ2n) is 4.39. The fourth-order valence-corrected chi connectivity index (χ4v) is 2.47. The van der Waals surface area contributed by atoms with Crippen LogP contribution in [0.25, 0.3) is 0 Å². The molecular weight excluding hydrogens is 340 g/mol. The predicted molar refractivity (Wildman–Crippen MR) is 76.1 cm³/mol. The van der Waals surface area contributed by atoms with E-state index in [-0.39, 0.29) is 16.3 Å². The molecule has 2 aromatic rings. The lowest BCUT2D eigenvalue weighted by Crippen LogP contribution is -2.16.